The molecule has 0 fully saturated rings. The number of rotatable bonds is 4. The van der Waals surface area contributed by atoms with Gasteiger partial charge in [0.05, 0.1) is 19.3 Å². The van der Waals surface area contributed by atoms with Crippen molar-refractivity contribution in [2.75, 3.05) is 13.2 Å². The third kappa shape index (κ3) is 5.57. The van der Waals surface area contributed by atoms with Crippen molar-refractivity contribution in [3.05, 3.63) is 12.2 Å². The Kier molecular flexibility index (Phi) is 5.42. The van der Waals surface area contributed by atoms with E-state index in [1.807, 2.05) is 0 Å². The zero-order valence-electron chi connectivity index (χ0n) is 6.36. The average Bonchev–Trinajstić information content (AvgIpc) is 2.01. The van der Waals surface area contributed by atoms with Gasteiger partial charge in [0.15, 0.2) is 0 Å². The van der Waals surface area contributed by atoms with Crippen LogP contribution >= 0.6 is 0 Å². The number of hydrogen-bond donors (Lipinski definition) is 2. The van der Waals surface area contributed by atoms with Crippen molar-refractivity contribution < 1.29 is 19.7 Å². The lowest BCUT2D eigenvalue weighted by Crippen LogP contribution is -2.09. The Morgan fingerprint density at radius 2 is 2.36 bits per heavy atom. The van der Waals surface area contributed by atoms with Crippen molar-refractivity contribution in [2.24, 2.45) is 0 Å². The summed E-state index contributed by atoms with van der Waals surface area (Å²) in [6, 6.07) is 0. The number of aliphatic hydroxyl groups is 2. The second-order valence-electron chi connectivity index (χ2n) is 1.86. The minimum absolute atomic E-state index is 0.304. The summed E-state index contributed by atoms with van der Waals surface area (Å²) in [6.45, 7) is 1.60. The molecule has 0 heterocycles. The normalized spacial score (nSPS) is 13.4. The van der Waals surface area contributed by atoms with Gasteiger partial charge in [-0.25, -0.2) is 4.79 Å². The van der Waals surface area contributed by atoms with Gasteiger partial charge in [0, 0.05) is 6.08 Å². The lowest BCUT2D eigenvalue weighted by Gasteiger charge is -1.98. The largest absolute Gasteiger partial charge is 0.463 e. The molecule has 64 valence electrons. The van der Waals surface area contributed by atoms with E-state index in [-0.39, 0.29) is 0 Å². The quantitative estimate of drug-likeness (QED) is 0.428. The lowest BCUT2D eigenvalue weighted by molar-refractivity contribution is -0.137. The first-order chi connectivity index (χ1) is 5.20. The zero-order valence-corrected chi connectivity index (χ0v) is 6.36. The minimum Gasteiger partial charge on any atom is -0.463 e. The maximum absolute atomic E-state index is 10.6. The van der Waals surface area contributed by atoms with Crippen LogP contribution in [0.1, 0.15) is 6.92 Å². The van der Waals surface area contributed by atoms with Crippen LogP contribution in [0.25, 0.3) is 0 Å². The summed E-state index contributed by atoms with van der Waals surface area (Å²) in [6.07, 6.45) is 1.28. The van der Waals surface area contributed by atoms with Gasteiger partial charge in [0.2, 0.25) is 0 Å². The van der Waals surface area contributed by atoms with Gasteiger partial charge < -0.3 is 14.9 Å². The maximum atomic E-state index is 10.6. The summed E-state index contributed by atoms with van der Waals surface area (Å²) in [4.78, 5) is 10.6. The second-order valence-corrected chi connectivity index (χ2v) is 1.86. The third-order valence-corrected chi connectivity index (χ3v) is 0.928. The molecule has 0 radical (unpaired) electrons. The maximum Gasteiger partial charge on any atom is 0.330 e. The highest BCUT2D eigenvalue weighted by molar-refractivity contribution is 5.81. The van der Waals surface area contributed by atoms with Gasteiger partial charge in [-0.1, -0.05) is 0 Å². The standard InChI is InChI=1S/C7H12O4/c1-2-11-7(10)4-3-6(9)5-8/h3-4,6,8-9H,2,5H2,1H3/b4-3+/t6-/m0/s1. The van der Waals surface area contributed by atoms with Crippen LogP contribution in [-0.2, 0) is 9.53 Å². The minimum atomic E-state index is -0.987. The summed E-state index contributed by atoms with van der Waals surface area (Å²) in [5, 5.41) is 17.1. The molecule has 0 aliphatic heterocycles. The fourth-order valence-electron chi connectivity index (χ4n) is 0.441. The van der Waals surface area contributed by atoms with Gasteiger partial charge in [-0.05, 0) is 13.0 Å². The van der Waals surface area contributed by atoms with E-state index in [0.717, 1.165) is 6.08 Å². The summed E-state index contributed by atoms with van der Waals surface area (Å²) < 4.78 is 4.52. The second kappa shape index (κ2) is 5.88. The van der Waals surface area contributed by atoms with Gasteiger partial charge in [0.25, 0.3) is 0 Å². The summed E-state index contributed by atoms with van der Waals surface area (Å²) in [5.74, 6) is -0.514. The first-order valence-corrected chi connectivity index (χ1v) is 3.34. The van der Waals surface area contributed by atoms with Crippen LogP contribution in [0.15, 0.2) is 12.2 Å². The average molecular weight is 160 g/mol. The molecule has 0 rings (SSSR count). The SMILES string of the molecule is CCOC(=O)/C=C/[C@H](O)CO. The fourth-order valence-corrected chi connectivity index (χ4v) is 0.441. The fraction of sp³-hybridized carbons (Fsp3) is 0.571. The molecule has 0 amide bonds. The molecule has 0 saturated carbocycles. The Labute approximate surface area is 65.1 Å². The third-order valence-electron chi connectivity index (χ3n) is 0.928. The highest BCUT2D eigenvalue weighted by Gasteiger charge is 1.97. The van der Waals surface area contributed by atoms with E-state index < -0.39 is 18.7 Å². The molecule has 11 heavy (non-hydrogen) atoms. The monoisotopic (exact) mass is 160 g/mol. The van der Waals surface area contributed by atoms with Crippen molar-refractivity contribution in [2.45, 2.75) is 13.0 Å². The van der Waals surface area contributed by atoms with Crippen LogP contribution < -0.4 is 0 Å². The number of hydrogen-bond acceptors (Lipinski definition) is 4. The van der Waals surface area contributed by atoms with E-state index in [2.05, 4.69) is 4.74 Å². The zero-order chi connectivity index (χ0) is 8.69. The number of aliphatic hydroxyl groups excluding tert-OH is 2. The summed E-state index contributed by atoms with van der Waals surface area (Å²) >= 11 is 0. The summed E-state index contributed by atoms with van der Waals surface area (Å²) in [7, 11) is 0. The van der Waals surface area contributed by atoms with Crippen LogP contribution in [-0.4, -0.2) is 35.5 Å². The molecule has 0 aromatic heterocycles. The Morgan fingerprint density at radius 1 is 1.73 bits per heavy atom. The molecule has 0 aliphatic rings. The van der Waals surface area contributed by atoms with Crippen LogP contribution in [0.5, 0.6) is 0 Å². The molecule has 1 atom stereocenters. The predicted molar refractivity (Wildman–Crippen MR) is 38.9 cm³/mol. The molecule has 0 bridgehead atoms. The number of carbonyl (C=O) groups excluding carboxylic acids is 1. The highest BCUT2D eigenvalue weighted by Crippen LogP contribution is 1.86. The van der Waals surface area contributed by atoms with Crippen molar-refractivity contribution >= 4 is 5.97 Å². The highest BCUT2D eigenvalue weighted by atomic mass is 16.5. The van der Waals surface area contributed by atoms with Crippen molar-refractivity contribution in [1.29, 1.82) is 0 Å². The van der Waals surface area contributed by atoms with Gasteiger partial charge in [0.1, 0.15) is 0 Å². The molecular formula is C7H12O4. The van der Waals surface area contributed by atoms with E-state index in [9.17, 15) is 4.79 Å². The van der Waals surface area contributed by atoms with Crippen molar-refractivity contribution in [3.8, 4) is 0 Å². The Bertz CT molecular complexity index is 141. The first kappa shape index (κ1) is 10.1. The first-order valence-electron chi connectivity index (χ1n) is 3.34. The van der Waals surface area contributed by atoms with Crippen LogP contribution in [0.4, 0.5) is 0 Å². The number of ether oxygens (including phenoxy) is 1. The topological polar surface area (TPSA) is 66.8 Å². The molecule has 4 nitrogen and oxygen atoms in total. The number of esters is 1. The Balaban J connectivity index is 3.63. The van der Waals surface area contributed by atoms with E-state index in [1.54, 1.807) is 6.92 Å². The van der Waals surface area contributed by atoms with Gasteiger partial charge in [-0.3, -0.25) is 0 Å². The molecule has 0 aromatic carbocycles. The summed E-state index contributed by atoms with van der Waals surface area (Å²) in [5.41, 5.74) is 0. The van der Waals surface area contributed by atoms with E-state index >= 15 is 0 Å². The molecule has 0 aromatic rings. The molecule has 0 aliphatic carbocycles. The van der Waals surface area contributed by atoms with E-state index in [0.29, 0.717) is 6.61 Å². The Hall–Kier alpha value is -0.870. The molecule has 2 N–H and O–H groups in total. The predicted octanol–water partition coefficient (Wildman–Crippen LogP) is -0.541. The van der Waals surface area contributed by atoms with Crippen molar-refractivity contribution in [1.82, 2.24) is 0 Å². The van der Waals surface area contributed by atoms with Gasteiger partial charge in [-0.15, -0.1) is 0 Å². The van der Waals surface area contributed by atoms with Crippen LogP contribution in [0.2, 0.25) is 0 Å². The molecule has 4 heteroatoms. The Morgan fingerprint density at radius 3 is 2.82 bits per heavy atom. The molecule has 0 spiro atoms. The number of carbonyl (C=O) groups is 1. The molecule has 0 unspecified atom stereocenters. The molecular weight excluding hydrogens is 148 g/mol. The van der Waals surface area contributed by atoms with Crippen LogP contribution in [0, 0.1) is 0 Å². The van der Waals surface area contributed by atoms with Gasteiger partial charge >= 0.3 is 5.97 Å². The smallest absolute Gasteiger partial charge is 0.330 e. The molecule has 0 saturated heterocycles. The van der Waals surface area contributed by atoms with Crippen molar-refractivity contribution in [3.63, 3.8) is 0 Å². The lowest BCUT2D eigenvalue weighted by atomic mass is 10.3. The van der Waals surface area contributed by atoms with Crippen LogP contribution in [0.3, 0.4) is 0 Å². The van der Waals surface area contributed by atoms with E-state index in [4.69, 9.17) is 10.2 Å². The van der Waals surface area contributed by atoms with Gasteiger partial charge in [-0.2, -0.15) is 0 Å². The van der Waals surface area contributed by atoms with E-state index in [1.165, 1.54) is 6.08 Å².